The second-order valence-electron chi connectivity index (χ2n) is 4.52. The summed E-state index contributed by atoms with van der Waals surface area (Å²) < 4.78 is 31.2. The van der Waals surface area contributed by atoms with E-state index in [1.165, 1.54) is 12.1 Å². The Morgan fingerprint density at radius 2 is 2.05 bits per heavy atom. The van der Waals surface area contributed by atoms with Crippen LogP contribution in [0.15, 0.2) is 29.2 Å². The second kappa shape index (κ2) is 6.34. The number of anilines is 1. The molecule has 1 aromatic carbocycles. The molecule has 6 nitrogen and oxygen atoms in total. The largest absolute Gasteiger partial charge is 0.368 e. The zero-order chi connectivity index (χ0) is 14.6. The van der Waals surface area contributed by atoms with Crippen LogP contribution < -0.4 is 10.0 Å². The Bertz CT molecular complexity index is 563. The maximum atomic E-state index is 11.8. The minimum Gasteiger partial charge on any atom is -0.368 e. The molecule has 20 heavy (non-hydrogen) atoms. The lowest BCUT2D eigenvalue weighted by molar-refractivity contribution is -0.124. The van der Waals surface area contributed by atoms with Gasteiger partial charge in [0, 0.05) is 18.8 Å². The van der Waals surface area contributed by atoms with Gasteiger partial charge in [-0.25, -0.2) is 13.1 Å². The lowest BCUT2D eigenvalue weighted by Crippen LogP contribution is -2.27. The second-order valence-corrected chi connectivity index (χ2v) is 6.28. The highest BCUT2D eigenvalue weighted by molar-refractivity contribution is 7.89. The van der Waals surface area contributed by atoms with Crippen LogP contribution in [0.5, 0.6) is 0 Å². The molecule has 1 fully saturated rings. The van der Waals surface area contributed by atoms with E-state index in [-0.39, 0.29) is 10.8 Å². The van der Waals surface area contributed by atoms with E-state index in [2.05, 4.69) is 10.0 Å². The minimum absolute atomic E-state index is 0.175. The fraction of sp³-hybridized carbons (Fsp3) is 0.462. The number of carbonyl (C=O) groups excluding carboxylic acids is 1. The lowest BCUT2D eigenvalue weighted by Gasteiger charge is -2.11. The molecule has 0 aromatic heterocycles. The number of hydrogen-bond donors (Lipinski definition) is 2. The smallest absolute Gasteiger partial charge is 0.253 e. The summed E-state index contributed by atoms with van der Waals surface area (Å²) in [6, 6.07) is 6.06. The van der Waals surface area contributed by atoms with Crippen LogP contribution in [0.25, 0.3) is 0 Å². The van der Waals surface area contributed by atoms with Crippen molar-refractivity contribution in [2.75, 3.05) is 18.5 Å². The third-order valence-corrected chi connectivity index (χ3v) is 4.55. The zero-order valence-electron chi connectivity index (χ0n) is 11.3. The van der Waals surface area contributed by atoms with E-state index in [4.69, 9.17) is 4.74 Å². The van der Waals surface area contributed by atoms with Crippen molar-refractivity contribution in [2.24, 2.45) is 0 Å². The lowest BCUT2D eigenvalue weighted by atomic mass is 10.2. The van der Waals surface area contributed by atoms with Gasteiger partial charge in [0.15, 0.2) is 0 Å². The molecule has 1 aliphatic heterocycles. The Labute approximate surface area is 118 Å². The molecule has 1 amide bonds. The fourth-order valence-electron chi connectivity index (χ4n) is 2.00. The monoisotopic (exact) mass is 298 g/mol. The van der Waals surface area contributed by atoms with Crippen LogP contribution >= 0.6 is 0 Å². The summed E-state index contributed by atoms with van der Waals surface area (Å²) in [5, 5.41) is 2.72. The summed E-state index contributed by atoms with van der Waals surface area (Å²) in [4.78, 5) is 12.0. The Hall–Kier alpha value is -1.44. The average Bonchev–Trinajstić information content (AvgIpc) is 2.93. The standard InChI is InChI=1S/C13H18N2O4S/c1-2-14-20(17,18)11-7-5-10(6-8-11)15-13(16)12-4-3-9-19-12/h5-8,12,14H,2-4,9H2,1H3,(H,15,16). The first-order valence-corrected chi connectivity index (χ1v) is 8.03. The highest BCUT2D eigenvalue weighted by Crippen LogP contribution is 2.17. The number of ether oxygens (including phenoxy) is 1. The van der Waals surface area contributed by atoms with Crippen LogP contribution in [0.1, 0.15) is 19.8 Å². The van der Waals surface area contributed by atoms with Crippen molar-refractivity contribution >= 4 is 21.6 Å². The molecule has 2 N–H and O–H groups in total. The molecular weight excluding hydrogens is 280 g/mol. The number of carbonyl (C=O) groups is 1. The van der Waals surface area contributed by atoms with Crippen LogP contribution in [0.3, 0.4) is 0 Å². The summed E-state index contributed by atoms with van der Waals surface area (Å²) in [7, 11) is -3.46. The van der Waals surface area contributed by atoms with Crippen molar-refractivity contribution in [3.8, 4) is 0 Å². The summed E-state index contributed by atoms with van der Waals surface area (Å²) in [6.07, 6.45) is 1.21. The molecule has 0 spiro atoms. The van der Waals surface area contributed by atoms with Crippen molar-refractivity contribution in [3.63, 3.8) is 0 Å². The van der Waals surface area contributed by atoms with E-state index in [1.54, 1.807) is 19.1 Å². The Kier molecular flexibility index (Phi) is 4.74. The number of sulfonamides is 1. The summed E-state index contributed by atoms with van der Waals surface area (Å²) >= 11 is 0. The molecule has 1 aromatic rings. The highest BCUT2D eigenvalue weighted by atomic mass is 32.2. The first-order chi connectivity index (χ1) is 9.53. The van der Waals surface area contributed by atoms with Gasteiger partial charge in [-0.3, -0.25) is 4.79 Å². The first kappa shape index (κ1) is 15.0. The Morgan fingerprint density at radius 3 is 2.60 bits per heavy atom. The first-order valence-electron chi connectivity index (χ1n) is 6.55. The predicted molar refractivity (Wildman–Crippen MR) is 74.9 cm³/mol. The molecule has 2 rings (SSSR count). The number of amides is 1. The minimum atomic E-state index is -3.46. The molecule has 1 saturated heterocycles. The van der Waals surface area contributed by atoms with Gasteiger partial charge in [0.1, 0.15) is 6.10 Å². The highest BCUT2D eigenvalue weighted by Gasteiger charge is 2.23. The van der Waals surface area contributed by atoms with Crippen molar-refractivity contribution in [3.05, 3.63) is 24.3 Å². The van der Waals surface area contributed by atoms with Gasteiger partial charge in [-0.2, -0.15) is 0 Å². The molecular formula is C13H18N2O4S. The molecule has 0 radical (unpaired) electrons. The maximum Gasteiger partial charge on any atom is 0.253 e. The van der Waals surface area contributed by atoms with Crippen molar-refractivity contribution in [1.82, 2.24) is 4.72 Å². The van der Waals surface area contributed by atoms with E-state index in [9.17, 15) is 13.2 Å². The molecule has 0 aliphatic carbocycles. The van der Waals surface area contributed by atoms with Gasteiger partial charge in [0.2, 0.25) is 10.0 Å². The molecule has 1 aliphatic rings. The van der Waals surface area contributed by atoms with Gasteiger partial charge < -0.3 is 10.1 Å². The Morgan fingerprint density at radius 1 is 1.35 bits per heavy atom. The Balaban J connectivity index is 2.03. The van der Waals surface area contributed by atoms with Gasteiger partial charge in [-0.1, -0.05) is 6.92 Å². The number of hydrogen-bond acceptors (Lipinski definition) is 4. The normalized spacial score (nSPS) is 18.9. The van der Waals surface area contributed by atoms with Gasteiger partial charge in [-0.15, -0.1) is 0 Å². The van der Waals surface area contributed by atoms with Crippen LogP contribution in [-0.4, -0.2) is 33.6 Å². The SMILES string of the molecule is CCNS(=O)(=O)c1ccc(NC(=O)C2CCCO2)cc1. The van der Waals surface area contributed by atoms with E-state index in [0.717, 1.165) is 12.8 Å². The van der Waals surface area contributed by atoms with Crippen LogP contribution in [-0.2, 0) is 19.6 Å². The van der Waals surface area contributed by atoms with E-state index < -0.39 is 16.1 Å². The number of benzene rings is 1. The predicted octanol–water partition coefficient (Wildman–Crippen LogP) is 1.10. The van der Waals surface area contributed by atoms with Gasteiger partial charge in [-0.05, 0) is 37.1 Å². The summed E-state index contributed by atoms with van der Waals surface area (Å²) in [6.45, 7) is 2.66. The average molecular weight is 298 g/mol. The molecule has 7 heteroatoms. The molecule has 0 bridgehead atoms. The van der Waals surface area contributed by atoms with Gasteiger partial charge in [0.05, 0.1) is 4.90 Å². The van der Waals surface area contributed by atoms with Gasteiger partial charge in [0.25, 0.3) is 5.91 Å². The number of nitrogens with one attached hydrogen (secondary N) is 2. The van der Waals surface area contributed by atoms with Crippen LogP contribution in [0, 0.1) is 0 Å². The van der Waals surface area contributed by atoms with Crippen molar-refractivity contribution in [1.29, 1.82) is 0 Å². The van der Waals surface area contributed by atoms with E-state index in [0.29, 0.717) is 18.8 Å². The quantitative estimate of drug-likeness (QED) is 0.852. The summed E-state index contributed by atoms with van der Waals surface area (Å²) in [5.41, 5.74) is 0.556. The molecule has 110 valence electrons. The van der Waals surface area contributed by atoms with Crippen molar-refractivity contribution in [2.45, 2.75) is 30.8 Å². The van der Waals surface area contributed by atoms with Crippen LogP contribution in [0.2, 0.25) is 0 Å². The zero-order valence-corrected chi connectivity index (χ0v) is 12.1. The maximum absolute atomic E-state index is 11.8. The molecule has 1 heterocycles. The number of rotatable bonds is 5. The summed E-state index contributed by atoms with van der Waals surface area (Å²) in [5.74, 6) is -0.190. The van der Waals surface area contributed by atoms with Crippen molar-refractivity contribution < 1.29 is 17.9 Å². The third kappa shape index (κ3) is 3.56. The topological polar surface area (TPSA) is 84.5 Å². The van der Waals surface area contributed by atoms with E-state index >= 15 is 0 Å². The van der Waals surface area contributed by atoms with E-state index in [1.807, 2.05) is 0 Å². The van der Waals surface area contributed by atoms with Crippen LogP contribution in [0.4, 0.5) is 5.69 Å². The fourth-order valence-corrected chi connectivity index (χ4v) is 3.04. The molecule has 1 atom stereocenters. The molecule has 0 saturated carbocycles. The van der Waals surface area contributed by atoms with Gasteiger partial charge >= 0.3 is 0 Å². The molecule has 1 unspecified atom stereocenters. The third-order valence-electron chi connectivity index (χ3n) is 2.99.